The molecule has 3 aromatic rings. The van der Waals surface area contributed by atoms with Gasteiger partial charge in [0.05, 0.1) is 18.3 Å². The molecule has 0 saturated heterocycles. The highest BCUT2D eigenvalue weighted by Crippen LogP contribution is 2.21. The molecule has 0 atom stereocenters. The number of oxazole rings is 1. The Kier molecular flexibility index (Phi) is 2.46. The third-order valence-electron chi connectivity index (χ3n) is 2.58. The maximum Gasteiger partial charge on any atom is 0.180 e. The molecule has 0 amide bonds. The summed E-state index contributed by atoms with van der Waals surface area (Å²) in [7, 11) is 0. The largest absolute Gasteiger partial charge is 0.447 e. The van der Waals surface area contributed by atoms with Crippen molar-refractivity contribution < 1.29 is 4.42 Å². The molecular weight excluding hydrogens is 214 g/mol. The summed E-state index contributed by atoms with van der Waals surface area (Å²) in [5, 5.41) is 4.42. The van der Waals surface area contributed by atoms with Crippen LogP contribution in [0.25, 0.3) is 10.9 Å². The van der Waals surface area contributed by atoms with E-state index in [2.05, 4.69) is 15.3 Å². The van der Waals surface area contributed by atoms with Gasteiger partial charge in [-0.05, 0) is 24.3 Å². The minimum absolute atomic E-state index is 0.619. The van der Waals surface area contributed by atoms with Gasteiger partial charge in [-0.25, -0.2) is 4.98 Å². The maximum atomic E-state index is 5.18. The molecule has 4 heteroatoms. The Morgan fingerprint density at radius 3 is 3.06 bits per heavy atom. The summed E-state index contributed by atoms with van der Waals surface area (Å²) in [6, 6.07) is 9.99. The molecule has 0 aliphatic rings. The highest BCUT2D eigenvalue weighted by Gasteiger charge is 2.01. The van der Waals surface area contributed by atoms with E-state index in [-0.39, 0.29) is 0 Å². The van der Waals surface area contributed by atoms with Crippen molar-refractivity contribution >= 4 is 16.6 Å². The minimum atomic E-state index is 0.619. The predicted molar refractivity (Wildman–Crippen MR) is 65.6 cm³/mol. The van der Waals surface area contributed by atoms with Gasteiger partial charge < -0.3 is 9.73 Å². The third-order valence-corrected chi connectivity index (χ3v) is 2.58. The molecule has 0 fully saturated rings. The van der Waals surface area contributed by atoms with Gasteiger partial charge in [0, 0.05) is 17.3 Å². The Bertz CT molecular complexity index is 614. The van der Waals surface area contributed by atoms with Crippen LogP contribution in [0.5, 0.6) is 0 Å². The molecule has 1 aromatic carbocycles. The van der Waals surface area contributed by atoms with Gasteiger partial charge in [0.1, 0.15) is 5.76 Å². The van der Waals surface area contributed by atoms with E-state index in [1.165, 1.54) is 6.39 Å². The maximum absolute atomic E-state index is 5.18. The summed E-state index contributed by atoms with van der Waals surface area (Å²) < 4.78 is 5.18. The number of aromatic nitrogens is 2. The van der Waals surface area contributed by atoms with Crippen molar-refractivity contribution in [1.82, 2.24) is 9.97 Å². The number of pyridine rings is 1. The zero-order valence-corrected chi connectivity index (χ0v) is 9.13. The Morgan fingerprint density at radius 1 is 1.18 bits per heavy atom. The van der Waals surface area contributed by atoms with E-state index in [0.29, 0.717) is 6.54 Å². The first-order valence-electron chi connectivity index (χ1n) is 5.38. The van der Waals surface area contributed by atoms with E-state index in [0.717, 1.165) is 22.4 Å². The predicted octanol–water partition coefficient (Wildman–Crippen LogP) is 2.83. The molecule has 4 nitrogen and oxygen atoms in total. The lowest BCUT2D eigenvalue weighted by Gasteiger charge is -2.07. The van der Waals surface area contributed by atoms with Crippen molar-refractivity contribution in [2.24, 2.45) is 0 Å². The van der Waals surface area contributed by atoms with Crippen molar-refractivity contribution in [3.63, 3.8) is 0 Å². The van der Waals surface area contributed by atoms with Crippen LogP contribution in [0.3, 0.4) is 0 Å². The molecule has 17 heavy (non-hydrogen) atoms. The summed E-state index contributed by atoms with van der Waals surface area (Å²) in [6.07, 6.45) is 4.93. The lowest BCUT2D eigenvalue weighted by atomic mass is 10.2. The fourth-order valence-corrected chi connectivity index (χ4v) is 1.77. The minimum Gasteiger partial charge on any atom is -0.447 e. The molecule has 0 radical (unpaired) electrons. The zero-order valence-electron chi connectivity index (χ0n) is 9.13. The lowest BCUT2D eigenvalue weighted by Crippen LogP contribution is -1.98. The Hall–Kier alpha value is -2.36. The van der Waals surface area contributed by atoms with E-state index in [1.54, 1.807) is 12.4 Å². The molecule has 1 N–H and O–H groups in total. The second-order valence-corrected chi connectivity index (χ2v) is 3.70. The second-order valence-electron chi connectivity index (χ2n) is 3.70. The first-order chi connectivity index (χ1) is 8.43. The molecule has 0 bridgehead atoms. The zero-order chi connectivity index (χ0) is 11.5. The van der Waals surface area contributed by atoms with E-state index in [1.807, 2.05) is 30.3 Å². The first kappa shape index (κ1) is 9.84. The number of nitrogens with one attached hydrogen (secondary N) is 1. The fraction of sp³-hybridized carbons (Fsp3) is 0.0769. The van der Waals surface area contributed by atoms with Crippen molar-refractivity contribution in [3.8, 4) is 0 Å². The van der Waals surface area contributed by atoms with Crippen molar-refractivity contribution in [1.29, 1.82) is 0 Å². The number of benzene rings is 1. The van der Waals surface area contributed by atoms with Gasteiger partial charge in [0.15, 0.2) is 6.39 Å². The van der Waals surface area contributed by atoms with Crippen molar-refractivity contribution in [3.05, 3.63) is 54.9 Å². The van der Waals surface area contributed by atoms with Crippen LogP contribution >= 0.6 is 0 Å². The van der Waals surface area contributed by atoms with E-state index in [9.17, 15) is 0 Å². The highest BCUT2D eigenvalue weighted by molar-refractivity contribution is 5.91. The van der Waals surface area contributed by atoms with Crippen LogP contribution < -0.4 is 5.32 Å². The second kappa shape index (κ2) is 4.25. The fourth-order valence-electron chi connectivity index (χ4n) is 1.77. The van der Waals surface area contributed by atoms with Crippen LogP contribution in [-0.2, 0) is 6.54 Å². The molecule has 84 valence electrons. The summed E-state index contributed by atoms with van der Waals surface area (Å²) in [6.45, 7) is 0.619. The molecule has 0 aliphatic carbocycles. The number of hydrogen-bond acceptors (Lipinski definition) is 4. The quantitative estimate of drug-likeness (QED) is 0.744. The van der Waals surface area contributed by atoms with E-state index < -0.39 is 0 Å². The Morgan fingerprint density at radius 2 is 2.18 bits per heavy atom. The van der Waals surface area contributed by atoms with Gasteiger partial charge in [-0.1, -0.05) is 6.07 Å². The van der Waals surface area contributed by atoms with Crippen molar-refractivity contribution in [2.75, 3.05) is 5.32 Å². The van der Waals surface area contributed by atoms with Crippen LogP contribution in [0, 0.1) is 0 Å². The number of fused-ring (bicyclic) bond motifs is 1. The number of hydrogen-bond donors (Lipinski definition) is 1. The number of nitrogens with zero attached hydrogens (tertiary/aromatic N) is 2. The van der Waals surface area contributed by atoms with Crippen molar-refractivity contribution in [2.45, 2.75) is 6.54 Å². The van der Waals surface area contributed by atoms with Crippen LogP contribution in [0.15, 0.2) is 53.5 Å². The van der Waals surface area contributed by atoms with E-state index >= 15 is 0 Å². The molecule has 0 aliphatic heterocycles. The Balaban J connectivity index is 1.90. The van der Waals surface area contributed by atoms with Gasteiger partial charge in [0.2, 0.25) is 0 Å². The monoisotopic (exact) mass is 225 g/mol. The summed E-state index contributed by atoms with van der Waals surface area (Å²) in [5.74, 6) is 0.811. The Labute approximate surface area is 98.3 Å². The van der Waals surface area contributed by atoms with Gasteiger partial charge >= 0.3 is 0 Å². The average molecular weight is 225 g/mol. The molecule has 2 aromatic heterocycles. The van der Waals surface area contributed by atoms with Gasteiger partial charge in [-0.2, -0.15) is 0 Å². The number of anilines is 1. The average Bonchev–Trinajstić information content (AvgIpc) is 2.89. The third kappa shape index (κ3) is 1.97. The SMILES string of the molecule is c1cc(NCc2cnco2)c2cccnc2c1. The standard InChI is InChI=1S/C13H11N3O/c1-4-12-11(3-2-6-15-12)13(5-1)16-8-10-7-14-9-17-10/h1-7,9,16H,8H2. The topological polar surface area (TPSA) is 51.0 Å². The van der Waals surface area contributed by atoms with Crippen LogP contribution in [0.1, 0.15) is 5.76 Å². The van der Waals surface area contributed by atoms with Crippen LogP contribution in [0.4, 0.5) is 5.69 Å². The molecule has 0 unspecified atom stereocenters. The molecule has 0 saturated carbocycles. The lowest BCUT2D eigenvalue weighted by molar-refractivity contribution is 0.512. The van der Waals surface area contributed by atoms with Gasteiger partial charge in [-0.15, -0.1) is 0 Å². The normalized spacial score (nSPS) is 10.6. The van der Waals surface area contributed by atoms with Crippen LogP contribution in [-0.4, -0.2) is 9.97 Å². The number of rotatable bonds is 3. The first-order valence-corrected chi connectivity index (χ1v) is 5.38. The molecule has 2 heterocycles. The summed E-state index contributed by atoms with van der Waals surface area (Å²) in [5.41, 5.74) is 2.03. The smallest absolute Gasteiger partial charge is 0.180 e. The summed E-state index contributed by atoms with van der Waals surface area (Å²) >= 11 is 0. The molecule has 3 rings (SSSR count). The van der Waals surface area contributed by atoms with E-state index in [4.69, 9.17) is 4.42 Å². The van der Waals surface area contributed by atoms with Crippen LogP contribution in [0.2, 0.25) is 0 Å². The van der Waals surface area contributed by atoms with Gasteiger partial charge in [-0.3, -0.25) is 4.98 Å². The summed E-state index contributed by atoms with van der Waals surface area (Å²) in [4.78, 5) is 8.19. The highest BCUT2D eigenvalue weighted by atomic mass is 16.3. The molecular formula is C13H11N3O. The van der Waals surface area contributed by atoms with Gasteiger partial charge in [0.25, 0.3) is 0 Å². The molecule has 0 spiro atoms.